The lowest BCUT2D eigenvalue weighted by Crippen LogP contribution is -2.30. The molecule has 0 N–H and O–H groups in total. The number of hydrogen-bond donors (Lipinski definition) is 0. The Morgan fingerprint density at radius 3 is 0.854 bits per heavy atom. The van der Waals surface area contributed by atoms with E-state index in [0.29, 0.717) is 66.0 Å². The number of methoxy groups -OCH3 is 4. The lowest BCUT2D eigenvalue weighted by atomic mass is 10.0. The number of rotatable bonds is 11. The van der Waals surface area contributed by atoms with Gasteiger partial charge in [0.1, 0.15) is 0 Å². The summed E-state index contributed by atoms with van der Waals surface area (Å²) < 4.78 is 56.2. The summed E-state index contributed by atoms with van der Waals surface area (Å²) in [5.41, 5.74) is 0.872. The SMILES string of the molecule is COc1ccc(P(=O)(c2ccccc2)c2ccccc2)c(-c2c(P(=O)(c3ccccc3)c3ccccc3)ccc(OC)c2OC)c1OC. The molecule has 0 radical (unpaired) electrons. The van der Waals surface area contributed by atoms with Crippen molar-refractivity contribution in [2.75, 3.05) is 28.4 Å². The fourth-order valence-electron chi connectivity index (χ4n) is 6.25. The van der Waals surface area contributed by atoms with Crippen LogP contribution in [0.4, 0.5) is 0 Å². The average Bonchev–Trinajstić information content (AvgIpc) is 3.17. The van der Waals surface area contributed by atoms with Gasteiger partial charge in [-0.2, -0.15) is 0 Å². The largest absolute Gasteiger partial charge is 0.493 e. The van der Waals surface area contributed by atoms with Crippen molar-refractivity contribution >= 4 is 46.1 Å². The van der Waals surface area contributed by atoms with Crippen molar-refractivity contribution < 1.29 is 28.1 Å². The number of benzene rings is 6. The van der Waals surface area contributed by atoms with Crippen molar-refractivity contribution in [2.45, 2.75) is 0 Å². The lowest BCUT2D eigenvalue weighted by molar-refractivity contribution is 0.352. The van der Waals surface area contributed by atoms with Crippen LogP contribution in [-0.4, -0.2) is 28.4 Å². The Hall–Kier alpha value is -5.02. The van der Waals surface area contributed by atoms with E-state index in [2.05, 4.69) is 0 Å². The van der Waals surface area contributed by atoms with E-state index in [9.17, 15) is 0 Å². The Morgan fingerprint density at radius 2 is 0.625 bits per heavy atom. The van der Waals surface area contributed by atoms with Crippen LogP contribution in [0.3, 0.4) is 0 Å². The fraction of sp³-hybridized carbons (Fsp3) is 0.100. The van der Waals surface area contributed by atoms with Gasteiger partial charge in [-0.25, -0.2) is 0 Å². The summed E-state index contributed by atoms with van der Waals surface area (Å²) in [5, 5.41) is 3.45. The van der Waals surface area contributed by atoms with E-state index in [0.717, 1.165) is 0 Å². The molecule has 0 fully saturated rings. The highest BCUT2D eigenvalue weighted by molar-refractivity contribution is 7.86. The summed E-state index contributed by atoms with van der Waals surface area (Å²) in [6, 6.07) is 44.7. The van der Waals surface area contributed by atoms with Crippen LogP contribution < -0.4 is 50.8 Å². The zero-order chi connectivity index (χ0) is 33.7. The first-order valence-corrected chi connectivity index (χ1v) is 18.8. The summed E-state index contributed by atoms with van der Waals surface area (Å²) >= 11 is 0. The molecule has 0 aromatic heterocycles. The van der Waals surface area contributed by atoms with E-state index in [-0.39, 0.29) is 0 Å². The Kier molecular flexibility index (Phi) is 9.59. The molecule has 8 heteroatoms. The molecule has 0 aliphatic rings. The standard InChI is InChI=1S/C40H36O6P2/c1-43-33-25-27-35(47(41,29-17-9-5-10-18-29)30-19-11-6-12-20-30)37(39(33)45-3)38-36(28-26-34(44-2)40(38)46-4)48(42,31-21-13-7-14-22-31)32-23-15-8-16-24-32/h5-28H,1-4H3. The minimum absolute atomic E-state index is 0.322. The second-order valence-electron chi connectivity index (χ2n) is 11.0. The van der Waals surface area contributed by atoms with Crippen LogP contribution in [0.2, 0.25) is 0 Å². The van der Waals surface area contributed by atoms with Crippen LogP contribution >= 0.6 is 14.3 Å². The lowest BCUT2D eigenvalue weighted by Gasteiger charge is -2.29. The van der Waals surface area contributed by atoms with E-state index in [1.165, 1.54) is 0 Å². The Labute approximate surface area is 281 Å². The Balaban J connectivity index is 1.85. The van der Waals surface area contributed by atoms with E-state index >= 15 is 9.13 Å². The van der Waals surface area contributed by atoms with Gasteiger partial charge in [-0.05, 0) is 24.3 Å². The molecular weight excluding hydrogens is 638 g/mol. The maximum Gasteiger partial charge on any atom is 0.171 e. The minimum Gasteiger partial charge on any atom is -0.493 e. The van der Waals surface area contributed by atoms with Crippen molar-refractivity contribution in [3.8, 4) is 34.1 Å². The second kappa shape index (κ2) is 14.0. The number of ether oxygens (including phenoxy) is 4. The monoisotopic (exact) mass is 674 g/mol. The predicted octanol–water partition coefficient (Wildman–Crippen LogP) is 6.67. The molecule has 6 nitrogen and oxygen atoms in total. The first-order chi connectivity index (χ1) is 23.4. The third-order valence-corrected chi connectivity index (χ3v) is 14.7. The highest BCUT2D eigenvalue weighted by atomic mass is 31.2. The van der Waals surface area contributed by atoms with E-state index in [4.69, 9.17) is 18.9 Å². The van der Waals surface area contributed by atoms with Crippen molar-refractivity contribution in [1.29, 1.82) is 0 Å². The molecule has 6 rings (SSSR count). The zero-order valence-corrected chi connectivity index (χ0v) is 29.0. The predicted molar refractivity (Wildman–Crippen MR) is 197 cm³/mol. The van der Waals surface area contributed by atoms with Gasteiger partial charge < -0.3 is 28.1 Å². The molecule has 0 heterocycles. The molecule has 6 aromatic rings. The van der Waals surface area contributed by atoms with Gasteiger partial charge in [-0.1, -0.05) is 121 Å². The van der Waals surface area contributed by atoms with Crippen LogP contribution in [-0.2, 0) is 9.13 Å². The third-order valence-electron chi connectivity index (χ3n) is 8.45. The highest BCUT2D eigenvalue weighted by Gasteiger charge is 2.40. The summed E-state index contributed by atoms with van der Waals surface area (Å²) in [7, 11) is -1.09. The van der Waals surface area contributed by atoms with Gasteiger partial charge in [0.25, 0.3) is 0 Å². The van der Waals surface area contributed by atoms with Gasteiger partial charge in [0.2, 0.25) is 0 Å². The molecule has 0 aliphatic carbocycles. The molecule has 0 bridgehead atoms. The summed E-state index contributed by atoms with van der Waals surface area (Å²) in [5.74, 6) is 1.47. The molecule has 48 heavy (non-hydrogen) atoms. The van der Waals surface area contributed by atoms with E-state index in [1.807, 2.05) is 133 Å². The molecule has 242 valence electrons. The summed E-state index contributed by atoms with van der Waals surface area (Å²) in [6.45, 7) is 0. The Morgan fingerprint density at radius 1 is 0.354 bits per heavy atom. The van der Waals surface area contributed by atoms with Gasteiger partial charge in [0.05, 0.1) is 28.4 Å². The van der Waals surface area contributed by atoms with Crippen molar-refractivity contribution in [1.82, 2.24) is 0 Å². The molecule has 0 unspecified atom stereocenters. The average molecular weight is 675 g/mol. The molecule has 0 saturated carbocycles. The van der Waals surface area contributed by atoms with Crippen LogP contribution in [0.5, 0.6) is 23.0 Å². The molecule has 0 spiro atoms. The molecule has 0 aliphatic heterocycles. The van der Waals surface area contributed by atoms with Crippen LogP contribution in [0.15, 0.2) is 146 Å². The minimum atomic E-state index is -3.64. The van der Waals surface area contributed by atoms with E-state index in [1.54, 1.807) is 40.6 Å². The molecule has 0 atom stereocenters. The van der Waals surface area contributed by atoms with Crippen LogP contribution in [0, 0.1) is 0 Å². The maximum atomic E-state index is 16.1. The zero-order valence-electron chi connectivity index (χ0n) is 27.2. The summed E-state index contributed by atoms with van der Waals surface area (Å²) in [4.78, 5) is 0. The molecule has 0 amide bonds. The Bertz CT molecular complexity index is 1880. The smallest absolute Gasteiger partial charge is 0.171 e. The number of hydrogen-bond acceptors (Lipinski definition) is 6. The molecular formula is C40H36O6P2. The van der Waals surface area contributed by atoms with Gasteiger partial charge in [-0.3, -0.25) is 0 Å². The highest BCUT2D eigenvalue weighted by Crippen LogP contribution is 2.55. The first-order valence-electron chi connectivity index (χ1n) is 15.4. The topological polar surface area (TPSA) is 71.1 Å². The van der Waals surface area contributed by atoms with E-state index < -0.39 is 14.3 Å². The quantitative estimate of drug-likeness (QED) is 0.143. The van der Waals surface area contributed by atoms with Crippen molar-refractivity contribution in [3.63, 3.8) is 0 Å². The molecule has 0 saturated heterocycles. The summed E-state index contributed by atoms with van der Waals surface area (Å²) in [6.07, 6.45) is 0. The van der Waals surface area contributed by atoms with Crippen molar-refractivity contribution in [3.05, 3.63) is 146 Å². The van der Waals surface area contributed by atoms with Gasteiger partial charge in [-0.15, -0.1) is 0 Å². The maximum absolute atomic E-state index is 16.1. The van der Waals surface area contributed by atoms with Crippen LogP contribution in [0.1, 0.15) is 0 Å². The normalized spacial score (nSPS) is 11.5. The van der Waals surface area contributed by atoms with Gasteiger partial charge in [0.15, 0.2) is 37.3 Å². The third kappa shape index (κ3) is 5.52. The van der Waals surface area contributed by atoms with Gasteiger partial charge in [0, 0.05) is 43.0 Å². The second-order valence-corrected chi connectivity index (χ2v) is 16.4. The van der Waals surface area contributed by atoms with Crippen LogP contribution in [0.25, 0.3) is 11.1 Å². The van der Waals surface area contributed by atoms with Crippen molar-refractivity contribution in [2.24, 2.45) is 0 Å². The molecule has 6 aromatic carbocycles. The first kappa shape index (κ1) is 32.9. The fourth-order valence-corrected chi connectivity index (χ4v) is 11.9. The van der Waals surface area contributed by atoms with Gasteiger partial charge >= 0.3 is 0 Å².